The van der Waals surface area contributed by atoms with Crippen molar-refractivity contribution in [3.8, 4) is 0 Å². The molecule has 3 unspecified atom stereocenters. The summed E-state index contributed by atoms with van der Waals surface area (Å²) in [6, 6.07) is -0.664. The van der Waals surface area contributed by atoms with Gasteiger partial charge in [0.1, 0.15) is 6.10 Å². The molecule has 136 valence electrons. The van der Waals surface area contributed by atoms with Crippen LogP contribution in [0.2, 0.25) is 0 Å². The third-order valence-corrected chi connectivity index (χ3v) is 5.58. The third-order valence-electron chi connectivity index (χ3n) is 5.23. The average Bonchev–Trinajstić information content (AvgIpc) is 2.85. The Bertz CT molecular complexity index is 654. The molecular formula is C12H21N4O7S+. The summed E-state index contributed by atoms with van der Waals surface area (Å²) < 4.78 is 41.5. The number of primary amides is 1. The van der Waals surface area contributed by atoms with Gasteiger partial charge in [-0.2, -0.15) is 13.3 Å². The van der Waals surface area contributed by atoms with Gasteiger partial charge in [-0.1, -0.05) is 0 Å². The lowest BCUT2D eigenvalue weighted by Crippen LogP contribution is -2.67. The van der Waals surface area contributed by atoms with Gasteiger partial charge >= 0.3 is 16.8 Å². The number of hydroxylamine groups is 5. The van der Waals surface area contributed by atoms with Crippen LogP contribution in [0.25, 0.3) is 0 Å². The molecule has 5 rings (SSSR count). The van der Waals surface area contributed by atoms with Crippen molar-refractivity contribution >= 4 is 16.3 Å². The van der Waals surface area contributed by atoms with Crippen molar-refractivity contribution in [3.63, 3.8) is 0 Å². The lowest BCUT2D eigenvalue weighted by Gasteiger charge is -2.42. The largest absolute Gasteiger partial charge is 0.414 e. The normalized spacial score (nSPS) is 45.0. The van der Waals surface area contributed by atoms with Crippen LogP contribution in [0, 0.1) is 0 Å². The summed E-state index contributed by atoms with van der Waals surface area (Å²) in [5.74, 6) is -0.531. The Balaban J connectivity index is 1.64. The number of hydrogen-bond acceptors (Lipinski definition) is 8. The van der Waals surface area contributed by atoms with E-state index in [2.05, 4.69) is 9.60 Å². The zero-order valence-electron chi connectivity index (χ0n) is 13.0. The van der Waals surface area contributed by atoms with E-state index in [0.29, 0.717) is 19.4 Å². The standard InChI is InChI=1S/C12H20N4O7S/c13-10(17)9-3-4-12-7-16(9,22-8-2-1-5-14-6-8)11(21-12)15(12)23-24(18,19)20/h8-9,11,14H,1-7H2,(H2-,13,17,18,19,20)/p+1/t8-,9-,11?,12?,16?/m0/s1. The average molecular weight is 365 g/mol. The van der Waals surface area contributed by atoms with Crippen LogP contribution in [0.15, 0.2) is 0 Å². The minimum atomic E-state index is -4.70. The summed E-state index contributed by atoms with van der Waals surface area (Å²) >= 11 is 0. The van der Waals surface area contributed by atoms with Gasteiger partial charge in [-0.25, -0.2) is 0 Å². The fourth-order valence-corrected chi connectivity index (χ4v) is 4.71. The predicted molar refractivity (Wildman–Crippen MR) is 76.4 cm³/mol. The zero-order chi connectivity index (χ0) is 17.2. The highest BCUT2D eigenvalue weighted by Gasteiger charge is 2.82. The summed E-state index contributed by atoms with van der Waals surface area (Å²) in [7, 11) is -4.70. The number of nitrogens with one attached hydrogen (secondary N) is 1. The summed E-state index contributed by atoms with van der Waals surface area (Å²) in [6.07, 6.45) is 1.40. The molecule has 0 aromatic heterocycles. The smallest absolute Gasteiger partial charge is 0.364 e. The van der Waals surface area contributed by atoms with Crippen LogP contribution in [0.4, 0.5) is 0 Å². The minimum absolute atomic E-state index is 0.147. The van der Waals surface area contributed by atoms with E-state index < -0.39 is 34.4 Å². The molecule has 24 heavy (non-hydrogen) atoms. The SMILES string of the molecule is NC(=O)[C@@H]1CCC23C[N+]1(O[C@H]1CCCNC1)C(O2)N3OS(=O)(=O)O. The van der Waals surface area contributed by atoms with Gasteiger partial charge in [0, 0.05) is 19.4 Å². The lowest BCUT2D eigenvalue weighted by molar-refractivity contribution is -1.14. The van der Waals surface area contributed by atoms with Gasteiger partial charge in [-0.3, -0.25) is 14.1 Å². The molecule has 5 aliphatic heterocycles. The zero-order valence-corrected chi connectivity index (χ0v) is 13.8. The minimum Gasteiger partial charge on any atom is -0.364 e. The molecule has 5 saturated heterocycles. The first-order valence-corrected chi connectivity index (χ1v) is 9.32. The van der Waals surface area contributed by atoms with E-state index >= 15 is 0 Å². The molecule has 12 heteroatoms. The monoisotopic (exact) mass is 365 g/mol. The molecule has 3 bridgehead atoms. The maximum absolute atomic E-state index is 12.0. The van der Waals surface area contributed by atoms with E-state index in [-0.39, 0.29) is 17.3 Å². The Labute approximate surface area is 139 Å². The summed E-state index contributed by atoms with van der Waals surface area (Å²) in [4.78, 5) is 18.2. The lowest BCUT2D eigenvalue weighted by atomic mass is 9.97. The van der Waals surface area contributed by atoms with Gasteiger partial charge in [0.15, 0.2) is 6.54 Å². The number of piperidine rings is 2. The van der Waals surface area contributed by atoms with Crippen molar-refractivity contribution < 1.29 is 36.3 Å². The molecule has 1 spiro atoms. The van der Waals surface area contributed by atoms with E-state index in [1.54, 1.807) is 0 Å². The number of carbonyl (C=O) groups is 1. The van der Waals surface area contributed by atoms with E-state index in [0.717, 1.165) is 24.4 Å². The van der Waals surface area contributed by atoms with Crippen LogP contribution < -0.4 is 11.1 Å². The fraction of sp³-hybridized carbons (Fsp3) is 0.917. The molecule has 5 atom stereocenters. The molecule has 5 fully saturated rings. The van der Waals surface area contributed by atoms with Crippen molar-refractivity contribution in [3.05, 3.63) is 0 Å². The quantitative estimate of drug-likeness (QED) is 0.380. The van der Waals surface area contributed by atoms with Crippen LogP contribution >= 0.6 is 0 Å². The highest BCUT2D eigenvalue weighted by atomic mass is 32.3. The topological polar surface area (TPSA) is 140 Å². The molecular weight excluding hydrogens is 344 g/mol. The molecule has 0 saturated carbocycles. The number of nitrogens with zero attached hydrogens (tertiary/aromatic N) is 2. The molecule has 0 radical (unpaired) electrons. The highest BCUT2D eigenvalue weighted by Crippen LogP contribution is 2.57. The van der Waals surface area contributed by atoms with Crippen molar-refractivity contribution in [1.29, 1.82) is 0 Å². The summed E-state index contributed by atoms with van der Waals surface area (Å²) in [5.41, 5.74) is 4.54. The fourth-order valence-electron chi connectivity index (χ4n) is 4.29. The second kappa shape index (κ2) is 5.32. The van der Waals surface area contributed by atoms with Crippen LogP contribution in [0.5, 0.6) is 0 Å². The molecule has 4 N–H and O–H groups in total. The molecule has 1 amide bonds. The Morgan fingerprint density at radius 1 is 1.46 bits per heavy atom. The Morgan fingerprint density at radius 3 is 2.88 bits per heavy atom. The Morgan fingerprint density at radius 2 is 2.25 bits per heavy atom. The highest BCUT2D eigenvalue weighted by molar-refractivity contribution is 7.80. The van der Waals surface area contributed by atoms with Gasteiger partial charge < -0.3 is 11.1 Å². The maximum atomic E-state index is 12.0. The second-order valence-electron chi connectivity index (χ2n) is 6.76. The number of rotatable bonds is 5. The molecule has 5 aliphatic rings. The number of nitrogens with two attached hydrogens (primary N) is 1. The first-order chi connectivity index (χ1) is 11.3. The molecule has 0 aromatic carbocycles. The first kappa shape index (κ1) is 16.6. The summed E-state index contributed by atoms with van der Waals surface area (Å²) in [6.45, 7) is 1.75. The van der Waals surface area contributed by atoms with Gasteiger partial charge in [0.2, 0.25) is 11.8 Å². The first-order valence-electron chi connectivity index (χ1n) is 7.96. The van der Waals surface area contributed by atoms with Crippen LogP contribution in [0.3, 0.4) is 0 Å². The molecule has 5 heterocycles. The predicted octanol–water partition coefficient (Wildman–Crippen LogP) is -1.81. The van der Waals surface area contributed by atoms with Crippen molar-refractivity contribution in [2.45, 2.75) is 49.9 Å². The van der Waals surface area contributed by atoms with E-state index in [1.807, 2.05) is 0 Å². The number of hydrogen-bond donors (Lipinski definition) is 3. The van der Waals surface area contributed by atoms with E-state index in [4.69, 9.17) is 19.9 Å². The van der Waals surface area contributed by atoms with Gasteiger partial charge in [-0.15, -0.1) is 8.93 Å². The molecule has 0 aliphatic carbocycles. The Kier molecular flexibility index (Phi) is 3.68. The van der Waals surface area contributed by atoms with Gasteiger partial charge in [0.25, 0.3) is 5.91 Å². The van der Waals surface area contributed by atoms with Crippen LogP contribution in [-0.2, 0) is 29.1 Å². The van der Waals surface area contributed by atoms with E-state index in [1.165, 1.54) is 0 Å². The van der Waals surface area contributed by atoms with Gasteiger partial charge in [0.05, 0.1) is 0 Å². The summed E-state index contributed by atoms with van der Waals surface area (Å²) in [5, 5.41) is 4.31. The molecule has 11 nitrogen and oxygen atoms in total. The number of carbonyl (C=O) groups excluding carboxylic acids is 1. The second-order valence-corrected chi connectivity index (χ2v) is 7.77. The van der Waals surface area contributed by atoms with E-state index in [9.17, 15) is 13.2 Å². The number of ether oxygens (including phenoxy) is 1. The van der Waals surface area contributed by atoms with Crippen LogP contribution in [0.1, 0.15) is 25.7 Å². The van der Waals surface area contributed by atoms with Crippen molar-refractivity contribution in [2.24, 2.45) is 5.73 Å². The molecule has 0 aromatic rings. The number of quaternary nitrogens is 1. The van der Waals surface area contributed by atoms with Gasteiger partial charge in [-0.05, 0) is 24.4 Å². The maximum Gasteiger partial charge on any atom is 0.414 e. The van der Waals surface area contributed by atoms with Crippen molar-refractivity contribution in [2.75, 3.05) is 19.6 Å². The Hall–Kier alpha value is -0.860. The van der Waals surface area contributed by atoms with Crippen LogP contribution in [-0.4, -0.2) is 72.4 Å². The third kappa shape index (κ3) is 2.37. The van der Waals surface area contributed by atoms with Crippen molar-refractivity contribution in [1.82, 2.24) is 10.4 Å². The number of amides is 1.